The van der Waals surface area contributed by atoms with Gasteiger partial charge in [-0.05, 0) is 19.8 Å². The summed E-state index contributed by atoms with van der Waals surface area (Å²) in [6, 6.07) is 0. The maximum Gasteiger partial charge on any atom is 0.312 e. The van der Waals surface area contributed by atoms with Crippen molar-refractivity contribution in [2.24, 2.45) is 11.8 Å². The molecule has 0 radical (unpaired) electrons. The molecule has 0 fully saturated rings. The lowest BCUT2D eigenvalue weighted by Crippen LogP contribution is -2.15. The van der Waals surface area contributed by atoms with Gasteiger partial charge in [0.1, 0.15) is 0 Å². The van der Waals surface area contributed by atoms with E-state index in [-0.39, 0.29) is 11.9 Å². The molecule has 1 atom stereocenters. The Morgan fingerprint density at radius 2 is 2.00 bits per heavy atom. The van der Waals surface area contributed by atoms with Gasteiger partial charge in [-0.15, -0.1) is 0 Å². The van der Waals surface area contributed by atoms with Crippen LogP contribution in [0.4, 0.5) is 0 Å². The Labute approximate surface area is 74.6 Å². The van der Waals surface area contributed by atoms with Crippen LogP contribution in [-0.4, -0.2) is 12.6 Å². The monoisotopic (exact) mass is 170 g/mol. The van der Waals surface area contributed by atoms with Crippen LogP contribution in [0.2, 0.25) is 0 Å². The van der Waals surface area contributed by atoms with E-state index in [2.05, 4.69) is 0 Å². The zero-order chi connectivity index (χ0) is 9.56. The first-order valence-electron chi connectivity index (χ1n) is 4.37. The molecule has 0 aromatic carbocycles. The Balaban J connectivity index is 3.72. The first-order valence-corrected chi connectivity index (χ1v) is 4.37. The minimum Gasteiger partial charge on any atom is -0.465 e. The highest BCUT2D eigenvalue weighted by Gasteiger charge is 2.10. The van der Waals surface area contributed by atoms with Gasteiger partial charge in [-0.25, -0.2) is 0 Å². The molecule has 12 heavy (non-hydrogen) atoms. The number of allylic oxidation sites excluding steroid dienone is 1. The molecule has 2 nitrogen and oxygen atoms in total. The Morgan fingerprint density at radius 1 is 1.42 bits per heavy atom. The Morgan fingerprint density at radius 3 is 2.42 bits per heavy atom. The second kappa shape index (κ2) is 5.81. The summed E-state index contributed by atoms with van der Waals surface area (Å²) in [4.78, 5) is 11.2. The molecular formula is C10H18O2. The fourth-order valence-corrected chi connectivity index (χ4v) is 0.747. The summed E-state index contributed by atoms with van der Waals surface area (Å²) in [5, 5.41) is 0. The minimum atomic E-state index is -0.137. The number of hydrogen-bond acceptors (Lipinski definition) is 2. The summed E-state index contributed by atoms with van der Waals surface area (Å²) in [5.74, 6) is 0.155. The molecule has 0 heterocycles. The summed E-state index contributed by atoms with van der Waals surface area (Å²) in [5.41, 5.74) is 0. The highest BCUT2D eigenvalue weighted by Crippen LogP contribution is 2.02. The Hall–Kier alpha value is -0.790. The maximum absolute atomic E-state index is 11.2. The molecular weight excluding hydrogens is 152 g/mol. The van der Waals surface area contributed by atoms with Crippen LogP contribution in [0.1, 0.15) is 27.7 Å². The highest BCUT2D eigenvalue weighted by molar-refractivity contribution is 5.73. The third kappa shape index (κ3) is 4.94. The molecule has 0 aromatic rings. The van der Waals surface area contributed by atoms with Crippen molar-refractivity contribution >= 4 is 5.97 Å². The number of esters is 1. The molecule has 1 unspecified atom stereocenters. The van der Waals surface area contributed by atoms with Crippen molar-refractivity contribution in [1.82, 2.24) is 0 Å². The lowest BCUT2D eigenvalue weighted by atomic mass is 10.2. The van der Waals surface area contributed by atoms with Gasteiger partial charge in [-0.1, -0.05) is 26.0 Å². The van der Waals surface area contributed by atoms with Gasteiger partial charge in [-0.3, -0.25) is 4.79 Å². The average Bonchev–Trinajstić information content (AvgIpc) is 2.00. The quantitative estimate of drug-likeness (QED) is 0.478. The number of hydrogen-bond donors (Lipinski definition) is 0. The van der Waals surface area contributed by atoms with Crippen LogP contribution in [-0.2, 0) is 9.53 Å². The lowest BCUT2D eigenvalue weighted by molar-refractivity contribution is -0.147. The van der Waals surface area contributed by atoms with Crippen LogP contribution in [0.25, 0.3) is 0 Å². The second-order valence-electron chi connectivity index (χ2n) is 3.34. The number of carbonyl (C=O) groups excluding carboxylic acids is 1. The van der Waals surface area contributed by atoms with E-state index < -0.39 is 0 Å². The molecule has 0 N–H and O–H groups in total. The van der Waals surface area contributed by atoms with Crippen molar-refractivity contribution in [3.8, 4) is 0 Å². The predicted octanol–water partition coefficient (Wildman–Crippen LogP) is 2.40. The van der Waals surface area contributed by atoms with Crippen molar-refractivity contribution in [2.75, 3.05) is 6.61 Å². The topological polar surface area (TPSA) is 26.3 Å². The van der Waals surface area contributed by atoms with Crippen molar-refractivity contribution in [3.05, 3.63) is 12.2 Å². The van der Waals surface area contributed by atoms with Crippen LogP contribution in [0.5, 0.6) is 0 Å². The van der Waals surface area contributed by atoms with E-state index in [4.69, 9.17) is 4.74 Å². The Kier molecular flexibility index (Phi) is 5.43. The molecule has 0 saturated carbocycles. The van der Waals surface area contributed by atoms with E-state index in [0.29, 0.717) is 12.5 Å². The predicted molar refractivity (Wildman–Crippen MR) is 49.8 cm³/mol. The molecule has 0 saturated heterocycles. The molecule has 0 bridgehead atoms. The van der Waals surface area contributed by atoms with Crippen LogP contribution < -0.4 is 0 Å². The maximum atomic E-state index is 11.2. The molecule has 0 amide bonds. The van der Waals surface area contributed by atoms with Gasteiger partial charge in [0.25, 0.3) is 0 Å². The smallest absolute Gasteiger partial charge is 0.312 e. The number of carbonyl (C=O) groups is 1. The average molecular weight is 170 g/mol. The van der Waals surface area contributed by atoms with E-state index in [1.807, 2.05) is 39.8 Å². The normalized spacial score (nSPS) is 13.8. The number of ether oxygens (including phenoxy) is 1. The van der Waals surface area contributed by atoms with Crippen LogP contribution >= 0.6 is 0 Å². The summed E-state index contributed by atoms with van der Waals surface area (Å²) < 4.78 is 5.03. The third-order valence-corrected chi connectivity index (χ3v) is 1.41. The highest BCUT2D eigenvalue weighted by atomic mass is 16.5. The number of rotatable bonds is 4. The van der Waals surface area contributed by atoms with Gasteiger partial charge in [0, 0.05) is 0 Å². The van der Waals surface area contributed by atoms with Gasteiger partial charge in [-0.2, -0.15) is 0 Å². The molecule has 0 aliphatic heterocycles. The van der Waals surface area contributed by atoms with E-state index >= 15 is 0 Å². The van der Waals surface area contributed by atoms with Crippen molar-refractivity contribution in [2.45, 2.75) is 27.7 Å². The first kappa shape index (κ1) is 11.2. The zero-order valence-corrected chi connectivity index (χ0v) is 8.33. The van der Waals surface area contributed by atoms with Crippen molar-refractivity contribution in [1.29, 1.82) is 0 Å². The molecule has 70 valence electrons. The Bertz CT molecular complexity index is 159. The second-order valence-corrected chi connectivity index (χ2v) is 3.34. The summed E-state index contributed by atoms with van der Waals surface area (Å²) >= 11 is 0. The molecule has 0 spiro atoms. The third-order valence-electron chi connectivity index (χ3n) is 1.41. The molecule has 2 heteroatoms. The van der Waals surface area contributed by atoms with Gasteiger partial charge in [0.05, 0.1) is 12.5 Å². The largest absolute Gasteiger partial charge is 0.465 e. The molecule has 0 aliphatic carbocycles. The lowest BCUT2D eigenvalue weighted by Gasteiger charge is -2.09. The SMILES string of the molecule is C/C=C\C(C)C(=O)OCC(C)C. The zero-order valence-electron chi connectivity index (χ0n) is 8.33. The van der Waals surface area contributed by atoms with Crippen LogP contribution in [0.15, 0.2) is 12.2 Å². The fourth-order valence-electron chi connectivity index (χ4n) is 0.747. The van der Waals surface area contributed by atoms with Gasteiger partial charge >= 0.3 is 5.97 Å². The summed E-state index contributed by atoms with van der Waals surface area (Å²) in [7, 11) is 0. The molecule has 0 aliphatic rings. The standard InChI is InChI=1S/C10H18O2/c1-5-6-9(4)10(11)12-7-8(2)3/h5-6,8-9H,7H2,1-4H3/b6-5-. The van der Waals surface area contributed by atoms with E-state index in [1.54, 1.807) is 0 Å². The summed E-state index contributed by atoms with van der Waals surface area (Å²) in [6.07, 6.45) is 3.70. The molecule has 0 rings (SSSR count). The van der Waals surface area contributed by atoms with Crippen molar-refractivity contribution in [3.63, 3.8) is 0 Å². The molecule has 0 aromatic heterocycles. The summed E-state index contributed by atoms with van der Waals surface area (Å²) in [6.45, 7) is 8.29. The van der Waals surface area contributed by atoms with Crippen LogP contribution in [0.3, 0.4) is 0 Å². The fraction of sp³-hybridized carbons (Fsp3) is 0.700. The van der Waals surface area contributed by atoms with E-state index in [0.717, 1.165) is 0 Å². The van der Waals surface area contributed by atoms with Gasteiger partial charge in [0.2, 0.25) is 0 Å². The van der Waals surface area contributed by atoms with Gasteiger partial charge < -0.3 is 4.74 Å². The van der Waals surface area contributed by atoms with E-state index in [9.17, 15) is 4.79 Å². The first-order chi connectivity index (χ1) is 5.57. The van der Waals surface area contributed by atoms with Gasteiger partial charge in [0.15, 0.2) is 0 Å². The van der Waals surface area contributed by atoms with E-state index in [1.165, 1.54) is 0 Å². The van der Waals surface area contributed by atoms with Crippen molar-refractivity contribution < 1.29 is 9.53 Å². The van der Waals surface area contributed by atoms with Crippen LogP contribution in [0, 0.1) is 11.8 Å². The minimum absolute atomic E-state index is 0.117.